The zero-order valence-corrected chi connectivity index (χ0v) is 17.0. The van der Waals surface area contributed by atoms with Gasteiger partial charge in [0.25, 0.3) is 0 Å². The Bertz CT molecular complexity index is 985. The molecule has 0 spiro atoms. The first-order valence-corrected chi connectivity index (χ1v) is 10.3. The maximum absolute atomic E-state index is 5.84. The molecule has 3 aliphatic rings. The minimum Gasteiger partial charge on any atom is -0.399 e. The zero-order valence-electron chi connectivity index (χ0n) is 17.0. The van der Waals surface area contributed by atoms with E-state index < -0.39 is 0 Å². The first kappa shape index (κ1) is 18.6. The van der Waals surface area contributed by atoms with Gasteiger partial charge in [-0.15, -0.1) is 0 Å². The molecule has 4 rings (SSSR count). The van der Waals surface area contributed by atoms with Crippen LogP contribution in [0, 0.1) is 0 Å². The quantitative estimate of drug-likeness (QED) is 0.560. The van der Waals surface area contributed by atoms with E-state index in [-0.39, 0.29) is 0 Å². The van der Waals surface area contributed by atoms with Gasteiger partial charge in [-0.2, -0.15) is 0 Å². The SMILES string of the molecule is CC1=C(C2=CC=C(C3=C(C)CC(c4ccc(N)cc4)=CC=C3)CC2)CCC=C1. The lowest BCUT2D eigenvalue weighted by atomic mass is 9.83. The number of anilines is 1. The van der Waals surface area contributed by atoms with Gasteiger partial charge in [-0.05, 0) is 97.1 Å². The van der Waals surface area contributed by atoms with E-state index in [1.54, 1.807) is 5.57 Å². The smallest absolute Gasteiger partial charge is 0.0314 e. The van der Waals surface area contributed by atoms with Crippen LogP contribution in [0.15, 0.2) is 100 Å². The summed E-state index contributed by atoms with van der Waals surface area (Å²) in [5, 5.41) is 0. The highest BCUT2D eigenvalue weighted by Gasteiger charge is 2.17. The Hall–Kier alpha value is -2.80. The number of nitrogens with two attached hydrogens (primary N) is 1. The van der Waals surface area contributed by atoms with E-state index in [0.717, 1.165) is 24.9 Å². The molecule has 0 aliphatic heterocycles. The lowest BCUT2D eigenvalue weighted by molar-refractivity contribution is 0.864. The second-order valence-electron chi connectivity index (χ2n) is 8.03. The van der Waals surface area contributed by atoms with E-state index in [1.165, 1.54) is 51.8 Å². The monoisotopic (exact) mass is 367 g/mol. The molecule has 0 amide bonds. The van der Waals surface area contributed by atoms with Crippen LogP contribution in [-0.2, 0) is 0 Å². The molecule has 28 heavy (non-hydrogen) atoms. The van der Waals surface area contributed by atoms with Crippen molar-refractivity contribution in [1.82, 2.24) is 0 Å². The molecule has 0 heterocycles. The van der Waals surface area contributed by atoms with Gasteiger partial charge in [-0.25, -0.2) is 0 Å². The van der Waals surface area contributed by atoms with Crippen LogP contribution in [-0.4, -0.2) is 0 Å². The lowest BCUT2D eigenvalue weighted by Crippen LogP contribution is -2.02. The second-order valence-corrected chi connectivity index (χ2v) is 8.03. The van der Waals surface area contributed by atoms with Crippen LogP contribution < -0.4 is 5.73 Å². The Labute approximate surface area is 169 Å². The number of nitrogen functional groups attached to an aromatic ring is 1. The standard InChI is InChI=1S/C27H29N/c1-19-6-3-4-8-26(19)22-10-12-23(13-11-22)27-9-5-7-24(18-20(27)2)21-14-16-25(28)17-15-21/h3,5-7,9-10,12,14-17H,4,8,11,13,18,28H2,1-2H3. The molecule has 1 aromatic rings. The molecule has 142 valence electrons. The van der Waals surface area contributed by atoms with Crippen LogP contribution in [0.25, 0.3) is 5.57 Å². The minimum absolute atomic E-state index is 0.815. The van der Waals surface area contributed by atoms with Gasteiger partial charge in [0.05, 0.1) is 0 Å². The van der Waals surface area contributed by atoms with Crippen LogP contribution in [0.2, 0.25) is 0 Å². The summed E-state index contributed by atoms with van der Waals surface area (Å²) in [6.45, 7) is 4.52. The summed E-state index contributed by atoms with van der Waals surface area (Å²) in [5.41, 5.74) is 18.1. The molecule has 0 fully saturated rings. The van der Waals surface area contributed by atoms with Gasteiger partial charge < -0.3 is 5.73 Å². The average Bonchev–Trinajstić information content (AvgIpc) is 2.91. The second kappa shape index (κ2) is 8.06. The summed E-state index contributed by atoms with van der Waals surface area (Å²) in [4.78, 5) is 0. The molecule has 0 atom stereocenters. The zero-order chi connectivity index (χ0) is 19.5. The van der Waals surface area contributed by atoms with Crippen LogP contribution in [0.1, 0.15) is 51.5 Å². The van der Waals surface area contributed by atoms with Crippen molar-refractivity contribution in [3.05, 3.63) is 106 Å². The van der Waals surface area contributed by atoms with E-state index >= 15 is 0 Å². The fourth-order valence-corrected chi connectivity index (χ4v) is 4.43. The molecular formula is C27H29N. The van der Waals surface area contributed by atoms with E-state index in [9.17, 15) is 0 Å². The molecule has 0 radical (unpaired) electrons. The predicted octanol–water partition coefficient (Wildman–Crippen LogP) is 7.24. The predicted molar refractivity (Wildman–Crippen MR) is 122 cm³/mol. The summed E-state index contributed by atoms with van der Waals surface area (Å²) in [5.74, 6) is 0. The third kappa shape index (κ3) is 3.89. The normalized spacial score (nSPS) is 20.0. The minimum atomic E-state index is 0.815. The van der Waals surface area contributed by atoms with Gasteiger partial charge >= 0.3 is 0 Å². The van der Waals surface area contributed by atoms with Crippen LogP contribution >= 0.6 is 0 Å². The Morgan fingerprint density at radius 1 is 0.786 bits per heavy atom. The summed E-state index contributed by atoms with van der Waals surface area (Å²) < 4.78 is 0. The summed E-state index contributed by atoms with van der Waals surface area (Å²) in [7, 11) is 0. The van der Waals surface area contributed by atoms with Crippen molar-refractivity contribution in [2.24, 2.45) is 0 Å². The molecule has 0 bridgehead atoms. The summed E-state index contributed by atoms with van der Waals surface area (Å²) in [6, 6.07) is 8.21. The Balaban J connectivity index is 1.57. The van der Waals surface area contributed by atoms with Gasteiger partial charge in [0.2, 0.25) is 0 Å². The first-order chi connectivity index (χ1) is 13.6. The molecule has 0 aromatic heterocycles. The van der Waals surface area contributed by atoms with Crippen molar-refractivity contribution in [2.75, 3.05) is 5.73 Å². The third-order valence-electron chi connectivity index (χ3n) is 6.04. The molecule has 0 saturated heterocycles. The topological polar surface area (TPSA) is 26.0 Å². The average molecular weight is 368 g/mol. The van der Waals surface area contributed by atoms with Crippen molar-refractivity contribution in [3.63, 3.8) is 0 Å². The third-order valence-corrected chi connectivity index (χ3v) is 6.04. The van der Waals surface area contributed by atoms with Crippen molar-refractivity contribution in [2.45, 2.75) is 46.0 Å². The van der Waals surface area contributed by atoms with Crippen LogP contribution in [0.5, 0.6) is 0 Å². The number of benzene rings is 1. The van der Waals surface area contributed by atoms with Crippen molar-refractivity contribution >= 4 is 11.3 Å². The molecule has 3 aliphatic carbocycles. The first-order valence-electron chi connectivity index (χ1n) is 10.3. The van der Waals surface area contributed by atoms with E-state index in [4.69, 9.17) is 5.73 Å². The summed E-state index contributed by atoms with van der Waals surface area (Å²) in [6.07, 6.45) is 21.7. The number of rotatable bonds is 3. The maximum Gasteiger partial charge on any atom is 0.0314 e. The molecule has 1 nitrogen and oxygen atoms in total. The summed E-state index contributed by atoms with van der Waals surface area (Å²) >= 11 is 0. The number of hydrogen-bond donors (Lipinski definition) is 1. The molecular weight excluding hydrogens is 338 g/mol. The largest absolute Gasteiger partial charge is 0.399 e. The Morgan fingerprint density at radius 3 is 2.25 bits per heavy atom. The van der Waals surface area contributed by atoms with E-state index in [0.29, 0.717) is 0 Å². The maximum atomic E-state index is 5.84. The highest BCUT2D eigenvalue weighted by Crippen LogP contribution is 2.36. The molecule has 1 heteroatoms. The van der Waals surface area contributed by atoms with Gasteiger partial charge in [-0.3, -0.25) is 0 Å². The van der Waals surface area contributed by atoms with Crippen LogP contribution in [0.4, 0.5) is 5.69 Å². The van der Waals surface area contributed by atoms with Crippen LogP contribution in [0.3, 0.4) is 0 Å². The number of hydrogen-bond acceptors (Lipinski definition) is 1. The highest BCUT2D eigenvalue weighted by molar-refractivity contribution is 5.72. The molecule has 0 unspecified atom stereocenters. The molecule has 2 N–H and O–H groups in total. The van der Waals surface area contributed by atoms with Gasteiger partial charge in [0.15, 0.2) is 0 Å². The van der Waals surface area contributed by atoms with E-state index in [2.05, 4.69) is 68.5 Å². The number of allylic oxidation sites excluding steroid dienone is 14. The van der Waals surface area contributed by atoms with Gasteiger partial charge in [0, 0.05) is 5.69 Å². The Kier molecular flexibility index (Phi) is 5.34. The highest BCUT2D eigenvalue weighted by atomic mass is 14.5. The molecule has 1 aromatic carbocycles. The van der Waals surface area contributed by atoms with Crippen molar-refractivity contribution in [3.8, 4) is 0 Å². The molecule has 0 saturated carbocycles. The fourth-order valence-electron chi connectivity index (χ4n) is 4.43. The fraction of sp³-hybridized carbons (Fsp3) is 0.259. The van der Waals surface area contributed by atoms with E-state index in [1.807, 2.05) is 12.1 Å². The van der Waals surface area contributed by atoms with Gasteiger partial charge in [-0.1, -0.05) is 60.2 Å². The van der Waals surface area contributed by atoms with Crippen molar-refractivity contribution < 1.29 is 0 Å². The lowest BCUT2D eigenvalue weighted by Gasteiger charge is -2.22. The Morgan fingerprint density at radius 2 is 1.54 bits per heavy atom. The van der Waals surface area contributed by atoms with Crippen molar-refractivity contribution in [1.29, 1.82) is 0 Å². The van der Waals surface area contributed by atoms with Gasteiger partial charge in [0.1, 0.15) is 0 Å².